The van der Waals surface area contributed by atoms with Crippen molar-refractivity contribution in [1.29, 1.82) is 0 Å². The van der Waals surface area contributed by atoms with Gasteiger partial charge in [-0.3, -0.25) is 14.5 Å². The number of ketones is 1. The highest BCUT2D eigenvalue weighted by atomic mass is 35.5. The van der Waals surface area contributed by atoms with Crippen LogP contribution >= 0.6 is 11.6 Å². The number of carbonyl (C=O) groups is 3. The number of nitrogens with zero attached hydrogens (tertiary/aromatic N) is 3. The normalized spacial score (nSPS) is 19.2. The van der Waals surface area contributed by atoms with E-state index in [0.717, 1.165) is 43.1 Å². The molecule has 0 unspecified atom stereocenters. The van der Waals surface area contributed by atoms with Crippen molar-refractivity contribution in [3.63, 3.8) is 0 Å². The SMILES string of the molecule is COc1cc(C(=O)O)cc(CC(=O)[C@H]2CCC(=O)N2C2CCN(Cc3ccc(Cl)c(C)c3)CC2)n1. The number of hydrogen-bond acceptors (Lipinski definition) is 6. The highest BCUT2D eigenvalue weighted by molar-refractivity contribution is 6.31. The van der Waals surface area contributed by atoms with Crippen molar-refractivity contribution in [2.45, 2.75) is 57.7 Å². The Hall–Kier alpha value is -2.97. The van der Waals surface area contributed by atoms with Gasteiger partial charge >= 0.3 is 5.97 Å². The molecule has 2 aliphatic rings. The fourth-order valence-corrected chi connectivity index (χ4v) is 5.19. The van der Waals surface area contributed by atoms with Crippen LogP contribution in [-0.2, 0) is 22.6 Å². The Morgan fingerprint density at radius 1 is 1.17 bits per heavy atom. The van der Waals surface area contributed by atoms with Crippen LogP contribution in [0, 0.1) is 6.92 Å². The third-order valence-corrected chi connectivity index (χ3v) is 7.30. The van der Waals surface area contributed by atoms with E-state index in [1.165, 1.54) is 24.8 Å². The van der Waals surface area contributed by atoms with Crippen molar-refractivity contribution >= 4 is 29.3 Å². The summed E-state index contributed by atoms with van der Waals surface area (Å²) >= 11 is 6.14. The predicted molar refractivity (Wildman–Crippen MR) is 131 cm³/mol. The fourth-order valence-electron chi connectivity index (χ4n) is 5.07. The van der Waals surface area contributed by atoms with Gasteiger partial charge in [0.05, 0.1) is 30.8 Å². The number of aromatic nitrogens is 1. The highest BCUT2D eigenvalue weighted by Gasteiger charge is 2.41. The molecule has 0 radical (unpaired) electrons. The molecular formula is C26H30ClN3O5. The van der Waals surface area contributed by atoms with Gasteiger partial charge in [0.2, 0.25) is 11.8 Å². The van der Waals surface area contributed by atoms with Gasteiger partial charge in [-0.2, -0.15) is 0 Å². The van der Waals surface area contributed by atoms with Crippen LogP contribution in [0.1, 0.15) is 52.9 Å². The van der Waals surface area contributed by atoms with Crippen molar-refractivity contribution in [2.75, 3.05) is 20.2 Å². The van der Waals surface area contributed by atoms with Crippen LogP contribution in [0.15, 0.2) is 30.3 Å². The maximum absolute atomic E-state index is 13.2. The van der Waals surface area contributed by atoms with Gasteiger partial charge < -0.3 is 14.7 Å². The number of rotatable bonds is 8. The van der Waals surface area contributed by atoms with Gasteiger partial charge in [0.25, 0.3) is 0 Å². The summed E-state index contributed by atoms with van der Waals surface area (Å²) in [4.78, 5) is 45.8. The number of hydrogen-bond donors (Lipinski definition) is 1. The molecule has 2 aromatic rings. The molecular weight excluding hydrogens is 470 g/mol. The van der Waals surface area contributed by atoms with Crippen LogP contribution in [0.3, 0.4) is 0 Å². The highest BCUT2D eigenvalue weighted by Crippen LogP contribution is 2.29. The van der Waals surface area contributed by atoms with Crippen molar-refractivity contribution in [1.82, 2.24) is 14.8 Å². The average molecular weight is 500 g/mol. The molecule has 186 valence electrons. The van der Waals surface area contributed by atoms with E-state index in [0.29, 0.717) is 18.5 Å². The minimum atomic E-state index is -1.11. The Balaban J connectivity index is 1.39. The molecule has 0 saturated carbocycles. The van der Waals surface area contributed by atoms with E-state index in [1.54, 1.807) is 4.90 Å². The number of Topliss-reactive ketones (excluding diaryl/α,β-unsaturated/α-hetero) is 1. The first kappa shape index (κ1) is 25.1. The van der Waals surface area contributed by atoms with E-state index >= 15 is 0 Å². The van der Waals surface area contributed by atoms with E-state index in [9.17, 15) is 19.5 Å². The van der Waals surface area contributed by atoms with Crippen LogP contribution in [0.5, 0.6) is 5.88 Å². The Kier molecular flexibility index (Phi) is 7.72. The second-order valence-corrected chi connectivity index (χ2v) is 9.69. The lowest BCUT2D eigenvalue weighted by molar-refractivity contribution is -0.137. The first-order valence-electron chi connectivity index (χ1n) is 11.8. The number of piperidine rings is 1. The molecule has 1 aromatic heterocycles. The number of carboxylic acids is 1. The Morgan fingerprint density at radius 3 is 2.57 bits per heavy atom. The van der Waals surface area contributed by atoms with Gasteiger partial charge in [0, 0.05) is 43.2 Å². The van der Waals surface area contributed by atoms with E-state index < -0.39 is 12.0 Å². The van der Waals surface area contributed by atoms with E-state index in [4.69, 9.17) is 16.3 Å². The number of benzene rings is 1. The Morgan fingerprint density at radius 2 is 1.91 bits per heavy atom. The smallest absolute Gasteiger partial charge is 0.335 e. The largest absolute Gasteiger partial charge is 0.481 e. The Bertz CT molecular complexity index is 1130. The molecule has 4 rings (SSSR count). The van der Waals surface area contributed by atoms with Crippen LogP contribution in [0.4, 0.5) is 0 Å². The third kappa shape index (κ3) is 5.82. The second-order valence-electron chi connectivity index (χ2n) is 9.28. The lowest BCUT2D eigenvalue weighted by atomic mass is 9.98. The Labute approximate surface area is 209 Å². The van der Waals surface area contributed by atoms with E-state index in [2.05, 4.69) is 16.0 Å². The summed E-state index contributed by atoms with van der Waals surface area (Å²) in [6.07, 6.45) is 2.41. The zero-order valence-corrected chi connectivity index (χ0v) is 20.8. The van der Waals surface area contributed by atoms with Crippen LogP contribution < -0.4 is 4.74 Å². The summed E-state index contributed by atoms with van der Waals surface area (Å²) in [7, 11) is 1.40. The number of halogens is 1. The molecule has 1 aromatic carbocycles. The molecule has 2 aliphatic heterocycles. The second kappa shape index (κ2) is 10.7. The van der Waals surface area contributed by atoms with Crippen LogP contribution in [-0.4, -0.2) is 69.8 Å². The molecule has 2 fully saturated rings. The summed E-state index contributed by atoms with van der Waals surface area (Å²) < 4.78 is 5.09. The van der Waals surface area contributed by atoms with Gasteiger partial charge in [-0.05, 0) is 49.4 Å². The lowest BCUT2D eigenvalue weighted by Crippen LogP contribution is -2.50. The summed E-state index contributed by atoms with van der Waals surface area (Å²) in [5.74, 6) is -1.07. The number of pyridine rings is 1. The summed E-state index contributed by atoms with van der Waals surface area (Å²) in [5.41, 5.74) is 2.62. The number of aryl methyl sites for hydroxylation is 1. The van der Waals surface area contributed by atoms with Crippen LogP contribution in [0.25, 0.3) is 0 Å². The van der Waals surface area contributed by atoms with E-state index in [1.807, 2.05) is 19.1 Å². The number of aromatic carboxylic acids is 1. The predicted octanol–water partition coefficient (Wildman–Crippen LogP) is 3.52. The molecule has 3 heterocycles. The zero-order chi connectivity index (χ0) is 25.1. The maximum atomic E-state index is 13.2. The quantitative estimate of drug-likeness (QED) is 0.593. The molecule has 0 spiro atoms. The average Bonchev–Trinajstić information content (AvgIpc) is 3.23. The number of carboxylic acid groups (broad SMARTS) is 1. The molecule has 0 bridgehead atoms. The van der Waals surface area contributed by atoms with Crippen molar-refractivity contribution in [3.05, 3.63) is 57.7 Å². The number of methoxy groups -OCH3 is 1. The molecule has 0 aliphatic carbocycles. The third-order valence-electron chi connectivity index (χ3n) is 6.87. The first-order valence-corrected chi connectivity index (χ1v) is 12.2. The molecule has 35 heavy (non-hydrogen) atoms. The van der Waals surface area contributed by atoms with Crippen LogP contribution in [0.2, 0.25) is 5.02 Å². The van der Waals surface area contributed by atoms with Gasteiger partial charge in [0.15, 0.2) is 5.78 Å². The molecule has 9 heteroatoms. The van der Waals surface area contributed by atoms with E-state index in [-0.39, 0.29) is 35.6 Å². The number of amides is 1. The zero-order valence-electron chi connectivity index (χ0n) is 20.0. The fraction of sp³-hybridized carbons (Fsp3) is 0.462. The standard InChI is InChI=1S/C26H30ClN3O5/c1-16-11-17(3-4-21(16)27)15-29-9-7-20(8-10-29)30-22(5-6-25(30)32)23(31)14-19-12-18(26(33)34)13-24(28-19)35-2/h3-4,11-13,20,22H,5-10,14-15H2,1-2H3,(H,33,34)/t22-/m1/s1. The van der Waals surface area contributed by atoms with Gasteiger partial charge in [-0.25, -0.2) is 9.78 Å². The first-order chi connectivity index (χ1) is 16.7. The van der Waals surface area contributed by atoms with Gasteiger partial charge in [0.1, 0.15) is 0 Å². The topological polar surface area (TPSA) is 100 Å². The van der Waals surface area contributed by atoms with Crippen molar-refractivity contribution < 1.29 is 24.2 Å². The molecule has 1 amide bonds. The summed E-state index contributed by atoms with van der Waals surface area (Å²) in [5, 5.41) is 10.1. The minimum absolute atomic E-state index is 0.0138. The lowest BCUT2D eigenvalue weighted by Gasteiger charge is -2.39. The van der Waals surface area contributed by atoms with Crippen molar-refractivity contribution in [2.24, 2.45) is 0 Å². The summed E-state index contributed by atoms with van der Waals surface area (Å²) in [6.45, 7) is 4.51. The van der Waals surface area contributed by atoms with Gasteiger partial charge in [-0.15, -0.1) is 0 Å². The summed E-state index contributed by atoms with van der Waals surface area (Å²) in [6, 6.07) is 8.31. The minimum Gasteiger partial charge on any atom is -0.481 e. The molecule has 1 atom stereocenters. The molecule has 1 N–H and O–H groups in total. The number of ether oxygens (including phenoxy) is 1. The number of carbonyl (C=O) groups excluding carboxylic acids is 2. The monoisotopic (exact) mass is 499 g/mol. The molecule has 2 saturated heterocycles. The molecule has 8 nitrogen and oxygen atoms in total. The number of likely N-dealkylation sites (tertiary alicyclic amines) is 2. The van der Waals surface area contributed by atoms with Gasteiger partial charge in [-0.1, -0.05) is 23.7 Å². The van der Waals surface area contributed by atoms with Crippen molar-refractivity contribution in [3.8, 4) is 5.88 Å². The maximum Gasteiger partial charge on any atom is 0.335 e.